The van der Waals surface area contributed by atoms with E-state index in [0.717, 1.165) is 16.8 Å². The van der Waals surface area contributed by atoms with Gasteiger partial charge in [-0.05, 0) is 42.8 Å². The highest BCUT2D eigenvalue weighted by Gasteiger charge is 2.09. The second kappa shape index (κ2) is 7.28. The van der Waals surface area contributed by atoms with Gasteiger partial charge in [0.15, 0.2) is 0 Å². The molecule has 0 unspecified atom stereocenters. The summed E-state index contributed by atoms with van der Waals surface area (Å²) in [6, 6.07) is 17.0. The maximum Gasteiger partial charge on any atom is 0.266 e. The second-order valence-corrected chi connectivity index (χ2v) is 5.48. The zero-order valence-electron chi connectivity index (χ0n) is 13.5. The fourth-order valence-electron chi connectivity index (χ4n) is 2.02. The molecule has 1 amide bonds. The quantitative estimate of drug-likeness (QED) is 0.693. The molecule has 0 fully saturated rings. The Morgan fingerprint density at radius 3 is 2.22 bits per heavy atom. The minimum atomic E-state index is -0.411. The molecule has 0 heterocycles. The van der Waals surface area contributed by atoms with Gasteiger partial charge in [0.25, 0.3) is 5.91 Å². The summed E-state index contributed by atoms with van der Waals surface area (Å²) >= 11 is 0. The number of nitriles is 1. The minimum Gasteiger partial charge on any atom is -0.378 e. The van der Waals surface area contributed by atoms with Gasteiger partial charge < -0.3 is 10.2 Å². The Balaban J connectivity index is 2.14. The summed E-state index contributed by atoms with van der Waals surface area (Å²) < 4.78 is 0. The molecule has 4 heteroatoms. The largest absolute Gasteiger partial charge is 0.378 e. The number of amides is 1. The number of nitrogens with zero attached hydrogens (tertiary/aromatic N) is 2. The summed E-state index contributed by atoms with van der Waals surface area (Å²) in [5.41, 5.74) is 3.73. The number of hydrogen-bond donors (Lipinski definition) is 1. The van der Waals surface area contributed by atoms with E-state index < -0.39 is 5.91 Å². The molecular formula is C19H19N3O. The highest BCUT2D eigenvalue weighted by Crippen LogP contribution is 2.17. The van der Waals surface area contributed by atoms with Crippen LogP contribution in [0.15, 0.2) is 54.1 Å². The second-order valence-electron chi connectivity index (χ2n) is 5.48. The van der Waals surface area contributed by atoms with Crippen molar-refractivity contribution in [3.63, 3.8) is 0 Å². The zero-order valence-corrected chi connectivity index (χ0v) is 13.5. The number of aryl methyl sites for hydroxylation is 1. The van der Waals surface area contributed by atoms with Gasteiger partial charge in [-0.25, -0.2) is 0 Å². The molecule has 0 radical (unpaired) electrons. The molecule has 0 saturated heterocycles. The molecule has 1 N–H and O–H groups in total. The smallest absolute Gasteiger partial charge is 0.266 e. The summed E-state index contributed by atoms with van der Waals surface area (Å²) in [4.78, 5) is 14.2. The van der Waals surface area contributed by atoms with E-state index in [1.54, 1.807) is 6.08 Å². The van der Waals surface area contributed by atoms with E-state index in [4.69, 9.17) is 0 Å². The predicted octanol–water partition coefficient (Wildman–Crippen LogP) is 3.61. The van der Waals surface area contributed by atoms with Crippen LogP contribution in [0.25, 0.3) is 6.08 Å². The topological polar surface area (TPSA) is 56.1 Å². The Kier molecular flexibility index (Phi) is 5.16. The van der Waals surface area contributed by atoms with Gasteiger partial charge in [-0.1, -0.05) is 29.8 Å². The number of anilines is 2. The number of hydrogen-bond acceptors (Lipinski definition) is 3. The van der Waals surface area contributed by atoms with Crippen molar-refractivity contribution < 1.29 is 4.79 Å². The molecule has 0 aromatic heterocycles. The van der Waals surface area contributed by atoms with Crippen molar-refractivity contribution in [2.24, 2.45) is 0 Å². The molecule has 2 aromatic carbocycles. The number of rotatable bonds is 4. The van der Waals surface area contributed by atoms with Crippen LogP contribution in [0.3, 0.4) is 0 Å². The van der Waals surface area contributed by atoms with Crippen LogP contribution >= 0.6 is 0 Å². The van der Waals surface area contributed by atoms with E-state index in [2.05, 4.69) is 5.32 Å². The Morgan fingerprint density at radius 1 is 1.09 bits per heavy atom. The average Bonchev–Trinajstić information content (AvgIpc) is 2.54. The summed E-state index contributed by atoms with van der Waals surface area (Å²) in [6.45, 7) is 1.99. The summed E-state index contributed by atoms with van der Waals surface area (Å²) in [6.07, 6.45) is 1.59. The highest BCUT2D eigenvalue weighted by atomic mass is 16.1. The molecular weight excluding hydrogens is 286 g/mol. The number of carbonyl (C=O) groups excluding carboxylic acids is 1. The van der Waals surface area contributed by atoms with Crippen LogP contribution in [0.1, 0.15) is 11.1 Å². The van der Waals surface area contributed by atoms with Crippen molar-refractivity contribution in [2.45, 2.75) is 6.92 Å². The summed E-state index contributed by atoms with van der Waals surface area (Å²) in [5, 5.41) is 12.0. The highest BCUT2D eigenvalue weighted by molar-refractivity contribution is 6.09. The molecule has 116 valence electrons. The van der Waals surface area contributed by atoms with E-state index in [1.165, 1.54) is 0 Å². The summed E-state index contributed by atoms with van der Waals surface area (Å²) in [7, 11) is 3.90. The van der Waals surface area contributed by atoms with Crippen LogP contribution in [0.4, 0.5) is 11.4 Å². The van der Waals surface area contributed by atoms with Gasteiger partial charge in [0, 0.05) is 25.5 Å². The monoisotopic (exact) mass is 305 g/mol. The van der Waals surface area contributed by atoms with E-state index in [9.17, 15) is 10.1 Å². The van der Waals surface area contributed by atoms with Crippen LogP contribution in [-0.4, -0.2) is 20.0 Å². The first-order valence-electron chi connectivity index (χ1n) is 7.27. The van der Waals surface area contributed by atoms with Crippen LogP contribution < -0.4 is 10.2 Å². The first kappa shape index (κ1) is 16.3. The van der Waals surface area contributed by atoms with Crippen LogP contribution in [-0.2, 0) is 4.79 Å². The van der Waals surface area contributed by atoms with E-state index in [0.29, 0.717) is 5.69 Å². The molecule has 0 aliphatic carbocycles. The van der Waals surface area contributed by atoms with Crippen LogP contribution in [0.2, 0.25) is 0 Å². The van der Waals surface area contributed by atoms with Crippen LogP contribution in [0.5, 0.6) is 0 Å². The van der Waals surface area contributed by atoms with Crippen molar-refractivity contribution in [3.8, 4) is 6.07 Å². The first-order chi connectivity index (χ1) is 11.0. The normalized spacial score (nSPS) is 10.8. The van der Waals surface area contributed by atoms with Crippen molar-refractivity contribution >= 4 is 23.4 Å². The predicted molar refractivity (Wildman–Crippen MR) is 94.2 cm³/mol. The lowest BCUT2D eigenvalue weighted by Gasteiger charge is -2.12. The fraction of sp³-hybridized carbons (Fsp3) is 0.158. The van der Waals surface area contributed by atoms with E-state index >= 15 is 0 Å². The maximum absolute atomic E-state index is 12.2. The lowest BCUT2D eigenvalue weighted by Crippen LogP contribution is -2.14. The van der Waals surface area contributed by atoms with Crippen molar-refractivity contribution in [3.05, 3.63) is 65.2 Å². The van der Waals surface area contributed by atoms with Gasteiger partial charge in [0.2, 0.25) is 0 Å². The third-order valence-electron chi connectivity index (χ3n) is 3.40. The SMILES string of the molecule is Cc1ccc(/C=C(/C#N)C(=O)Nc2ccc(N(C)C)cc2)cc1. The standard InChI is InChI=1S/C19H19N3O/c1-14-4-6-15(7-5-14)12-16(13-20)19(23)21-17-8-10-18(11-9-17)22(2)3/h4-12H,1-3H3,(H,21,23)/b16-12-. The van der Waals surface area contributed by atoms with E-state index in [-0.39, 0.29) is 5.57 Å². The maximum atomic E-state index is 12.2. The molecule has 2 rings (SSSR count). The van der Waals surface area contributed by atoms with Gasteiger partial charge >= 0.3 is 0 Å². The molecule has 4 nitrogen and oxygen atoms in total. The third kappa shape index (κ3) is 4.45. The van der Waals surface area contributed by atoms with Gasteiger partial charge in [0.05, 0.1) is 0 Å². The molecule has 0 aliphatic rings. The molecule has 0 saturated carbocycles. The average molecular weight is 305 g/mol. The number of nitrogens with one attached hydrogen (secondary N) is 1. The molecule has 23 heavy (non-hydrogen) atoms. The molecule has 0 spiro atoms. The van der Waals surface area contributed by atoms with Gasteiger partial charge in [-0.2, -0.15) is 5.26 Å². The Bertz CT molecular complexity index is 751. The first-order valence-corrected chi connectivity index (χ1v) is 7.27. The Morgan fingerprint density at radius 2 is 1.70 bits per heavy atom. The molecule has 0 atom stereocenters. The number of carbonyl (C=O) groups is 1. The minimum absolute atomic E-state index is 0.0746. The van der Waals surface area contributed by atoms with Gasteiger partial charge in [0.1, 0.15) is 11.6 Å². The Hall–Kier alpha value is -3.06. The summed E-state index contributed by atoms with van der Waals surface area (Å²) in [5.74, 6) is -0.411. The van der Waals surface area contributed by atoms with Crippen LogP contribution in [0, 0.1) is 18.3 Å². The fourth-order valence-corrected chi connectivity index (χ4v) is 2.02. The van der Waals surface area contributed by atoms with Gasteiger partial charge in [-0.3, -0.25) is 4.79 Å². The van der Waals surface area contributed by atoms with Crippen molar-refractivity contribution in [1.82, 2.24) is 0 Å². The third-order valence-corrected chi connectivity index (χ3v) is 3.40. The number of benzene rings is 2. The molecule has 0 aliphatic heterocycles. The molecule has 0 bridgehead atoms. The molecule has 2 aromatic rings. The Labute approximate surface area is 136 Å². The lowest BCUT2D eigenvalue weighted by molar-refractivity contribution is -0.112. The lowest BCUT2D eigenvalue weighted by atomic mass is 10.1. The van der Waals surface area contributed by atoms with E-state index in [1.807, 2.05) is 80.5 Å². The van der Waals surface area contributed by atoms with Crippen molar-refractivity contribution in [2.75, 3.05) is 24.3 Å². The van der Waals surface area contributed by atoms with Gasteiger partial charge in [-0.15, -0.1) is 0 Å². The van der Waals surface area contributed by atoms with Crippen molar-refractivity contribution in [1.29, 1.82) is 5.26 Å². The zero-order chi connectivity index (χ0) is 16.8.